The third-order valence-electron chi connectivity index (χ3n) is 2.44. The Labute approximate surface area is 100 Å². The molecule has 0 saturated carbocycles. The molecule has 1 N–H and O–H groups in total. The second kappa shape index (κ2) is 4.58. The number of aryl methyl sites for hydroxylation is 2. The van der Waals surface area contributed by atoms with E-state index >= 15 is 0 Å². The Balaban J connectivity index is 2.08. The normalized spacial score (nSPS) is 10.4. The van der Waals surface area contributed by atoms with E-state index in [2.05, 4.69) is 10.4 Å². The molecule has 0 amide bonds. The molecule has 3 nitrogen and oxygen atoms in total. The minimum absolute atomic E-state index is 0.714. The Morgan fingerprint density at radius 1 is 1.38 bits per heavy atom. The molecule has 16 heavy (non-hydrogen) atoms. The molecule has 2 aromatic rings. The summed E-state index contributed by atoms with van der Waals surface area (Å²) in [5.74, 6) is 0. The minimum Gasteiger partial charge on any atom is -0.378 e. The summed E-state index contributed by atoms with van der Waals surface area (Å²) in [5, 5.41) is 8.38. The number of hydrogen-bond donors (Lipinski definition) is 1. The SMILES string of the molecule is Cc1nn(C)cc1NCc1ccccc1Cl. The van der Waals surface area contributed by atoms with Gasteiger partial charge in [-0.25, -0.2) is 0 Å². The van der Waals surface area contributed by atoms with Crippen molar-refractivity contribution in [3.05, 3.63) is 46.7 Å². The summed E-state index contributed by atoms with van der Waals surface area (Å²) in [6.07, 6.45) is 1.96. The van der Waals surface area contributed by atoms with Crippen LogP contribution in [0, 0.1) is 6.92 Å². The van der Waals surface area contributed by atoms with Crippen molar-refractivity contribution < 1.29 is 0 Å². The van der Waals surface area contributed by atoms with Gasteiger partial charge in [-0.2, -0.15) is 5.10 Å². The number of rotatable bonds is 3. The van der Waals surface area contributed by atoms with Gasteiger partial charge in [0.25, 0.3) is 0 Å². The minimum atomic E-state index is 0.714. The van der Waals surface area contributed by atoms with Crippen molar-refractivity contribution in [2.45, 2.75) is 13.5 Å². The van der Waals surface area contributed by atoms with Gasteiger partial charge >= 0.3 is 0 Å². The molecule has 0 bridgehead atoms. The molecule has 0 spiro atoms. The molecule has 2 rings (SSSR count). The zero-order valence-electron chi connectivity index (χ0n) is 9.37. The number of nitrogens with one attached hydrogen (secondary N) is 1. The predicted octanol–water partition coefficient (Wildman–Crippen LogP) is 2.99. The Bertz CT molecular complexity index is 491. The van der Waals surface area contributed by atoms with Gasteiger partial charge in [0, 0.05) is 24.8 Å². The van der Waals surface area contributed by atoms with Gasteiger partial charge in [-0.3, -0.25) is 4.68 Å². The first kappa shape index (κ1) is 11.0. The van der Waals surface area contributed by atoms with Crippen molar-refractivity contribution in [2.75, 3.05) is 5.32 Å². The number of hydrogen-bond acceptors (Lipinski definition) is 2. The van der Waals surface area contributed by atoms with Crippen molar-refractivity contribution in [1.82, 2.24) is 9.78 Å². The summed E-state index contributed by atoms with van der Waals surface area (Å²) in [6.45, 7) is 2.70. The van der Waals surface area contributed by atoms with E-state index < -0.39 is 0 Å². The lowest BCUT2D eigenvalue weighted by atomic mass is 10.2. The van der Waals surface area contributed by atoms with Crippen LogP contribution in [0.5, 0.6) is 0 Å². The standard InChI is InChI=1S/C12H14ClN3/c1-9-12(8-16(2)15-9)14-7-10-5-3-4-6-11(10)13/h3-6,8,14H,7H2,1-2H3. The first-order valence-electron chi connectivity index (χ1n) is 5.14. The summed E-state index contributed by atoms with van der Waals surface area (Å²) in [7, 11) is 1.91. The second-order valence-corrected chi connectivity index (χ2v) is 4.15. The van der Waals surface area contributed by atoms with E-state index in [0.717, 1.165) is 22.0 Å². The van der Waals surface area contributed by atoms with Gasteiger partial charge in [-0.15, -0.1) is 0 Å². The maximum atomic E-state index is 6.07. The Morgan fingerprint density at radius 2 is 2.12 bits per heavy atom. The van der Waals surface area contributed by atoms with Crippen LogP contribution in [-0.2, 0) is 13.6 Å². The number of halogens is 1. The lowest BCUT2D eigenvalue weighted by Crippen LogP contribution is -2.00. The molecule has 0 fully saturated rings. The highest BCUT2D eigenvalue weighted by molar-refractivity contribution is 6.31. The maximum Gasteiger partial charge on any atom is 0.0825 e. The van der Waals surface area contributed by atoms with Crippen LogP contribution in [0.4, 0.5) is 5.69 Å². The molecule has 0 aliphatic heterocycles. The molecule has 0 aliphatic carbocycles. The maximum absolute atomic E-state index is 6.07. The van der Waals surface area contributed by atoms with E-state index in [-0.39, 0.29) is 0 Å². The van der Waals surface area contributed by atoms with E-state index in [9.17, 15) is 0 Å². The van der Waals surface area contributed by atoms with Gasteiger partial charge in [-0.1, -0.05) is 29.8 Å². The second-order valence-electron chi connectivity index (χ2n) is 3.75. The van der Waals surface area contributed by atoms with Crippen LogP contribution in [0.15, 0.2) is 30.5 Å². The Hall–Kier alpha value is -1.48. The van der Waals surface area contributed by atoms with Crippen molar-refractivity contribution in [1.29, 1.82) is 0 Å². The highest BCUT2D eigenvalue weighted by atomic mass is 35.5. The van der Waals surface area contributed by atoms with Gasteiger partial charge in [0.05, 0.1) is 11.4 Å². The first-order valence-corrected chi connectivity index (χ1v) is 5.52. The van der Waals surface area contributed by atoms with Gasteiger partial charge in [0.15, 0.2) is 0 Å². The molecule has 4 heteroatoms. The van der Waals surface area contributed by atoms with Crippen LogP contribution in [0.2, 0.25) is 5.02 Å². The number of nitrogens with zero attached hydrogens (tertiary/aromatic N) is 2. The largest absolute Gasteiger partial charge is 0.378 e. The molecule has 1 aromatic carbocycles. The average Bonchev–Trinajstić information content (AvgIpc) is 2.56. The van der Waals surface area contributed by atoms with Crippen LogP contribution < -0.4 is 5.32 Å². The van der Waals surface area contributed by atoms with Crippen LogP contribution in [0.25, 0.3) is 0 Å². The fourth-order valence-electron chi connectivity index (χ4n) is 1.61. The summed E-state index contributed by atoms with van der Waals surface area (Å²) in [4.78, 5) is 0. The van der Waals surface area contributed by atoms with E-state index in [1.165, 1.54) is 0 Å². The van der Waals surface area contributed by atoms with E-state index in [4.69, 9.17) is 11.6 Å². The number of anilines is 1. The van der Waals surface area contributed by atoms with Crippen LogP contribution in [0.1, 0.15) is 11.3 Å². The number of benzene rings is 1. The van der Waals surface area contributed by atoms with Crippen molar-refractivity contribution in [3.63, 3.8) is 0 Å². The third kappa shape index (κ3) is 2.36. The predicted molar refractivity (Wildman–Crippen MR) is 66.7 cm³/mol. The molecule has 1 aromatic heterocycles. The summed E-state index contributed by atoms with van der Waals surface area (Å²) >= 11 is 6.07. The lowest BCUT2D eigenvalue weighted by molar-refractivity contribution is 0.756. The van der Waals surface area contributed by atoms with Gasteiger partial charge < -0.3 is 5.32 Å². The molecule has 0 radical (unpaired) electrons. The fourth-order valence-corrected chi connectivity index (χ4v) is 1.81. The van der Waals surface area contributed by atoms with Crippen LogP contribution in [-0.4, -0.2) is 9.78 Å². The summed E-state index contributed by atoms with van der Waals surface area (Å²) in [6, 6.07) is 7.83. The molecule has 0 atom stereocenters. The van der Waals surface area contributed by atoms with Gasteiger partial charge in [-0.05, 0) is 18.6 Å². The zero-order chi connectivity index (χ0) is 11.5. The summed E-state index contributed by atoms with van der Waals surface area (Å²) < 4.78 is 1.80. The molecule has 1 heterocycles. The lowest BCUT2D eigenvalue weighted by Gasteiger charge is -2.06. The fraction of sp³-hybridized carbons (Fsp3) is 0.250. The Morgan fingerprint density at radius 3 is 2.75 bits per heavy atom. The van der Waals surface area contributed by atoms with Gasteiger partial charge in [0.1, 0.15) is 0 Å². The quantitative estimate of drug-likeness (QED) is 0.887. The molecule has 0 unspecified atom stereocenters. The topological polar surface area (TPSA) is 29.9 Å². The first-order chi connectivity index (χ1) is 7.66. The highest BCUT2D eigenvalue weighted by Crippen LogP contribution is 2.18. The van der Waals surface area contributed by atoms with E-state index in [1.54, 1.807) is 4.68 Å². The molecule has 84 valence electrons. The zero-order valence-corrected chi connectivity index (χ0v) is 10.1. The average molecular weight is 236 g/mol. The van der Waals surface area contributed by atoms with Crippen molar-refractivity contribution >= 4 is 17.3 Å². The summed E-state index contributed by atoms with van der Waals surface area (Å²) in [5.41, 5.74) is 3.13. The van der Waals surface area contributed by atoms with Crippen molar-refractivity contribution in [3.8, 4) is 0 Å². The van der Waals surface area contributed by atoms with Gasteiger partial charge in [0.2, 0.25) is 0 Å². The number of aromatic nitrogens is 2. The Kier molecular flexibility index (Phi) is 3.15. The molecular formula is C12H14ClN3. The van der Waals surface area contributed by atoms with E-state index in [1.807, 2.05) is 44.4 Å². The van der Waals surface area contributed by atoms with Crippen LogP contribution in [0.3, 0.4) is 0 Å². The molecule has 0 saturated heterocycles. The highest BCUT2D eigenvalue weighted by Gasteiger charge is 2.03. The van der Waals surface area contributed by atoms with Crippen LogP contribution >= 0.6 is 11.6 Å². The third-order valence-corrected chi connectivity index (χ3v) is 2.81. The smallest absolute Gasteiger partial charge is 0.0825 e. The monoisotopic (exact) mass is 235 g/mol. The molecule has 0 aliphatic rings. The van der Waals surface area contributed by atoms with Crippen molar-refractivity contribution in [2.24, 2.45) is 7.05 Å². The van der Waals surface area contributed by atoms with E-state index in [0.29, 0.717) is 6.54 Å². The molecular weight excluding hydrogens is 222 g/mol.